The molecular weight excluding hydrogens is 362 g/mol. The molecule has 0 saturated heterocycles. The molecule has 1 aliphatic carbocycles. The lowest BCUT2D eigenvalue weighted by molar-refractivity contribution is -0.121. The Kier molecular flexibility index (Phi) is 4.51. The molecule has 3 N–H and O–H groups in total. The van der Waals surface area contributed by atoms with Crippen LogP contribution in [-0.2, 0) is 17.6 Å². The van der Waals surface area contributed by atoms with Gasteiger partial charge in [0.1, 0.15) is 5.75 Å². The molecule has 29 heavy (non-hydrogen) atoms. The van der Waals surface area contributed by atoms with Gasteiger partial charge in [0.05, 0.1) is 13.2 Å². The molecule has 148 valence electrons. The van der Waals surface area contributed by atoms with Crippen molar-refractivity contribution in [1.82, 2.24) is 15.3 Å². The molecular formula is C24H25N3O2. The molecule has 0 fully saturated rings. The van der Waals surface area contributed by atoms with E-state index in [4.69, 9.17) is 4.74 Å². The van der Waals surface area contributed by atoms with E-state index < -0.39 is 0 Å². The van der Waals surface area contributed by atoms with Gasteiger partial charge in [-0.1, -0.05) is 18.2 Å². The topological polar surface area (TPSA) is 69.9 Å². The van der Waals surface area contributed by atoms with Crippen molar-refractivity contribution in [3.8, 4) is 5.75 Å². The number of H-pyrrole nitrogens is 2. The SMILES string of the molecule is COc1ccc2[nH]c3c(c2c1)CCCC3NC(=O)CCc1c[nH]c2ccccc12. The lowest BCUT2D eigenvalue weighted by Gasteiger charge is -2.24. The summed E-state index contributed by atoms with van der Waals surface area (Å²) in [7, 11) is 1.69. The van der Waals surface area contributed by atoms with Crippen molar-refractivity contribution in [2.24, 2.45) is 0 Å². The van der Waals surface area contributed by atoms with Crippen molar-refractivity contribution in [3.05, 3.63) is 65.5 Å². The summed E-state index contributed by atoms with van der Waals surface area (Å²) < 4.78 is 5.39. The van der Waals surface area contributed by atoms with Gasteiger partial charge in [-0.05, 0) is 61.1 Å². The number of amides is 1. The van der Waals surface area contributed by atoms with Gasteiger partial charge in [-0.3, -0.25) is 4.79 Å². The van der Waals surface area contributed by atoms with Crippen molar-refractivity contribution in [3.63, 3.8) is 0 Å². The number of hydrogen-bond donors (Lipinski definition) is 3. The van der Waals surface area contributed by atoms with Gasteiger partial charge in [-0.15, -0.1) is 0 Å². The molecule has 1 unspecified atom stereocenters. The number of ether oxygens (including phenoxy) is 1. The summed E-state index contributed by atoms with van der Waals surface area (Å²) >= 11 is 0. The predicted octanol–water partition coefficient (Wildman–Crippen LogP) is 4.78. The molecule has 1 amide bonds. The third-order valence-corrected chi connectivity index (χ3v) is 6.05. The molecule has 2 aromatic heterocycles. The minimum Gasteiger partial charge on any atom is -0.497 e. The summed E-state index contributed by atoms with van der Waals surface area (Å²) in [6.07, 6.45) is 6.31. The second kappa shape index (κ2) is 7.32. The van der Waals surface area contributed by atoms with Crippen LogP contribution in [0.2, 0.25) is 0 Å². The van der Waals surface area contributed by atoms with Crippen molar-refractivity contribution in [2.75, 3.05) is 7.11 Å². The Morgan fingerprint density at radius 3 is 2.97 bits per heavy atom. The Bertz CT molecular complexity index is 1190. The zero-order valence-electron chi connectivity index (χ0n) is 16.5. The average Bonchev–Trinajstić information content (AvgIpc) is 3.34. The van der Waals surface area contributed by atoms with E-state index in [0.717, 1.165) is 48.2 Å². The maximum Gasteiger partial charge on any atom is 0.220 e. The lowest BCUT2D eigenvalue weighted by atomic mass is 9.91. The summed E-state index contributed by atoms with van der Waals surface area (Å²) in [5.41, 5.74) is 5.88. The van der Waals surface area contributed by atoms with Crippen LogP contribution < -0.4 is 10.1 Å². The van der Waals surface area contributed by atoms with E-state index in [1.54, 1.807) is 7.11 Å². The first-order chi connectivity index (χ1) is 14.2. The molecule has 0 spiro atoms. The molecule has 0 aliphatic heterocycles. The minimum absolute atomic E-state index is 0.0487. The molecule has 1 aliphatic rings. The minimum atomic E-state index is 0.0487. The number of hydrogen-bond acceptors (Lipinski definition) is 2. The van der Waals surface area contributed by atoms with Crippen LogP contribution in [0.4, 0.5) is 0 Å². The Labute approximate surface area is 169 Å². The molecule has 5 nitrogen and oxygen atoms in total. The monoisotopic (exact) mass is 387 g/mol. The summed E-state index contributed by atoms with van der Waals surface area (Å²) in [6.45, 7) is 0. The Morgan fingerprint density at radius 1 is 1.17 bits per heavy atom. The molecule has 1 atom stereocenters. The van der Waals surface area contributed by atoms with Crippen LogP contribution in [-0.4, -0.2) is 23.0 Å². The van der Waals surface area contributed by atoms with Crippen LogP contribution in [0.1, 0.15) is 42.1 Å². The number of aryl methyl sites for hydroxylation is 2. The molecule has 2 heterocycles. The van der Waals surface area contributed by atoms with E-state index in [-0.39, 0.29) is 11.9 Å². The van der Waals surface area contributed by atoms with Crippen LogP contribution in [0.5, 0.6) is 5.75 Å². The first kappa shape index (κ1) is 17.9. The van der Waals surface area contributed by atoms with E-state index in [0.29, 0.717) is 6.42 Å². The number of nitrogens with one attached hydrogen (secondary N) is 3. The van der Waals surface area contributed by atoms with Crippen LogP contribution in [0.3, 0.4) is 0 Å². The number of fused-ring (bicyclic) bond motifs is 4. The van der Waals surface area contributed by atoms with Gasteiger partial charge < -0.3 is 20.0 Å². The number of carbonyl (C=O) groups excluding carboxylic acids is 1. The van der Waals surface area contributed by atoms with Crippen LogP contribution >= 0.6 is 0 Å². The van der Waals surface area contributed by atoms with E-state index >= 15 is 0 Å². The van der Waals surface area contributed by atoms with Crippen molar-refractivity contribution >= 4 is 27.7 Å². The quantitative estimate of drug-likeness (QED) is 0.461. The second-order valence-electron chi connectivity index (χ2n) is 7.80. The maximum atomic E-state index is 12.7. The van der Waals surface area contributed by atoms with Crippen LogP contribution in [0.25, 0.3) is 21.8 Å². The van der Waals surface area contributed by atoms with E-state index in [1.165, 1.54) is 21.9 Å². The summed E-state index contributed by atoms with van der Waals surface area (Å²) in [5.74, 6) is 0.966. The molecule has 0 saturated carbocycles. The zero-order chi connectivity index (χ0) is 19.8. The fraction of sp³-hybridized carbons (Fsp3) is 0.292. The number of methoxy groups -OCH3 is 1. The summed E-state index contributed by atoms with van der Waals surface area (Å²) in [4.78, 5) is 19.5. The second-order valence-corrected chi connectivity index (χ2v) is 7.80. The average molecular weight is 387 g/mol. The van der Waals surface area contributed by atoms with Gasteiger partial charge in [-0.25, -0.2) is 0 Å². The number of benzene rings is 2. The van der Waals surface area contributed by atoms with Crippen molar-refractivity contribution in [2.45, 2.75) is 38.1 Å². The van der Waals surface area contributed by atoms with E-state index in [1.807, 2.05) is 24.4 Å². The van der Waals surface area contributed by atoms with E-state index in [2.05, 4.69) is 39.6 Å². The van der Waals surface area contributed by atoms with Gasteiger partial charge in [-0.2, -0.15) is 0 Å². The number of para-hydroxylation sites is 1. The van der Waals surface area contributed by atoms with Gasteiger partial charge >= 0.3 is 0 Å². The Hall–Kier alpha value is -3.21. The van der Waals surface area contributed by atoms with Crippen molar-refractivity contribution < 1.29 is 9.53 Å². The first-order valence-corrected chi connectivity index (χ1v) is 10.3. The van der Waals surface area contributed by atoms with Gasteiger partial charge in [0.2, 0.25) is 5.91 Å². The van der Waals surface area contributed by atoms with E-state index in [9.17, 15) is 4.79 Å². The number of carbonyl (C=O) groups is 1. The number of aromatic nitrogens is 2. The molecule has 4 aromatic rings. The Morgan fingerprint density at radius 2 is 2.07 bits per heavy atom. The highest BCUT2D eigenvalue weighted by Gasteiger charge is 2.25. The molecule has 5 rings (SSSR count). The molecule has 2 aromatic carbocycles. The maximum absolute atomic E-state index is 12.7. The van der Waals surface area contributed by atoms with Gasteiger partial charge in [0.15, 0.2) is 0 Å². The molecule has 5 heteroatoms. The van der Waals surface area contributed by atoms with Crippen LogP contribution in [0, 0.1) is 0 Å². The fourth-order valence-electron chi connectivity index (χ4n) is 4.57. The van der Waals surface area contributed by atoms with Gasteiger partial charge in [0, 0.05) is 40.1 Å². The highest BCUT2D eigenvalue weighted by atomic mass is 16.5. The van der Waals surface area contributed by atoms with Crippen LogP contribution in [0.15, 0.2) is 48.7 Å². The predicted molar refractivity (Wildman–Crippen MR) is 115 cm³/mol. The summed E-state index contributed by atoms with van der Waals surface area (Å²) in [6, 6.07) is 14.4. The third kappa shape index (κ3) is 3.27. The zero-order valence-corrected chi connectivity index (χ0v) is 16.5. The first-order valence-electron chi connectivity index (χ1n) is 10.3. The number of rotatable bonds is 5. The fourth-order valence-corrected chi connectivity index (χ4v) is 4.57. The third-order valence-electron chi connectivity index (χ3n) is 6.05. The Balaban J connectivity index is 1.31. The largest absolute Gasteiger partial charge is 0.497 e. The summed E-state index contributed by atoms with van der Waals surface area (Å²) in [5, 5.41) is 5.67. The molecule has 0 bridgehead atoms. The highest BCUT2D eigenvalue weighted by molar-refractivity contribution is 5.87. The molecule has 0 radical (unpaired) electrons. The normalized spacial score (nSPS) is 16.1. The highest BCUT2D eigenvalue weighted by Crippen LogP contribution is 2.36. The van der Waals surface area contributed by atoms with Gasteiger partial charge in [0.25, 0.3) is 0 Å². The lowest BCUT2D eigenvalue weighted by Crippen LogP contribution is -2.31. The smallest absolute Gasteiger partial charge is 0.220 e. The standard InChI is InChI=1S/C24H25N3O2/c1-29-16-10-11-21-19(13-16)18-6-4-8-22(24(18)27-21)26-23(28)12-9-15-14-25-20-7-3-2-5-17(15)20/h2-3,5,7,10-11,13-14,22,25,27H,4,6,8-9,12H2,1H3,(H,26,28). The number of aromatic amines is 2. The van der Waals surface area contributed by atoms with Crippen molar-refractivity contribution in [1.29, 1.82) is 0 Å².